The van der Waals surface area contributed by atoms with Crippen LogP contribution in [0.2, 0.25) is 0 Å². The van der Waals surface area contributed by atoms with E-state index in [1.165, 1.54) is 11.8 Å². The fourth-order valence-corrected chi connectivity index (χ4v) is 3.80. The smallest absolute Gasteiger partial charge is 0.326 e. The molecule has 0 aromatic heterocycles. The molecule has 0 aliphatic rings. The van der Waals surface area contributed by atoms with Gasteiger partial charge in [-0.15, -0.1) is 0 Å². The molecule has 14 heteroatoms. The molecule has 0 saturated heterocycles. The van der Waals surface area contributed by atoms with Crippen LogP contribution in [0.4, 0.5) is 0 Å². The Balaban J connectivity index is 3.00. The molecule has 0 radical (unpaired) electrons. The van der Waals surface area contributed by atoms with E-state index in [2.05, 4.69) is 16.0 Å². The van der Waals surface area contributed by atoms with Gasteiger partial charge in [0.05, 0.1) is 6.04 Å². The third kappa shape index (κ3) is 12.5. The maximum atomic E-state index is 13.0. The van der Waals surface area contributed by atoms with Gasteiger partial charge >= 0.3 is 17.9 Å². The summed E-state index contributed by atoms with van der Waals surface area (Å²) in [5, 5.41) is 34.7. The number of nitrogens with one attached hydrogen (secondary N) is 3. The van der Waals surface area contributed by atoms with Crippen LogP contribution < -0.4 is 21.7 Å². The number of benzene rings is 1. The molecule has 0 saturated carbocycles. The van der Waals surface area contributed by atoms with Crippen molar-refractivity contribution in [3.05, 3.63) is 35.9 Å². The average molecular weight is 555 g/mol. The number of nitrogens with two attached hydrogens (primary N) is 1. The van der Waals surface area contributed by atoms with Crippen molar-refractivity contribution in [2.45, 2.75) is 62.7 Å². The van der Waals surface area contributed by atoms with E-state index in [1.807, 2.05) is 0 Å². The van der Waals surface area contributed by atoms with Gasteiger partial charge in [0.25, 0.3) is 0 Å². The number of carbonyl (C=O) groups excluding carboxylic acids is 3. The lowest BCUT2D eigenvalue weighted by atomic mass is 10.0. The lowest BCUT2D eigenvalue weighted by molar-refractivity contribution is -0.143. The second-order valence-electron chi connectivity index (χ2n) is 8.46. The molecule has 4 unspecified atom stereocenters. The molecule has 0 bridgehead atoms. The summed E-state index contributed by atoms with van der Waals surface area (Å²) in [5.74, 6) is -5.68. The van der Waals surface area contributed by atoms with Gasteiger partial charge in [0, 0.05) is 19.3 Å². The van der Waals surface area contributed by atoms with Crippen LogP contribution in [0.5, 0.6) is 0 Å². The Kier molecular flexibility index (Phi) is 14.5. The van der Waals surface area contributed by atoms with Crippen LogP contribution in [0, 0.1) is 0 Å². The number of aliphatic carboxylic acids is 3. The first-order valence-corrected chi connectivity index (χ1v) is 13.2. The first-order valence-electron chi connectivity index (χ1n) is 11.8. The number of hydrogen-bond donors (Lipinski definition) is 7. The van der Waals surface area contributed by atoms with Crippen LogP contribution in [0.3, 0.4) is 0 Å². The fraction of sp³-hybridized carbons (Fsp3) is 0.500. The summed E-state index contributed by atoms with van der Waals surface area (Å²) in [4.78, 5) is 72.1. The van der Waals surface area contributed by atoms with Gasteiger partial charge in [0.1, 0.15) is 18.1 Å². The molecule has 0 aliphatic carbocycles. The Morgan fingerprint density at radius 3 is 1.79 bits per heavy atom. The highest BCUT2D eigenvalue weighted by molar-refractivity contribution is 7.98. The molecule has 4 atom stereocenters. The molecule has 1 aromatic carbocycles. The van der Waals surface area contributed by atoms with E-state index in [1.54, 1.807) is 36.6 Å². The maximum Gasteiger partial charge on any atom is 0.326 e. The Bertz CT molecular complexity index is 977. The van der Waals surface area contributed by atoms with Gasteiger partial charge in [-0.25, -0.2) is 4.79 Å². The van der Waals surface area contributed by atoms with Crippen molar-refractivity contribution >= 4 is 47.4 Å². The van der Waals surface area contributed by atoms with Crippen molar-refractivity contribution in [1.29, 1.82) is 0 Å². The van der Waals surface area contributed by atoms with Crippen LogP contribution in [-0.4, -0.2) is 87.1 Å². The van der Waals surface area contributed by atoms with Gasteiger partial charge in [0.15, 0.2) is 0 Å². The summed E-state index contributed by atoms with van der Waals surface area (Å²) < 4.78 is 0. The first-order chi connectivity index (χ1) is 17.9. The number of carboxylic acid groups (broad SMARTS) is 3. The number of rotatable bonds is 18. The normalized spacial score (nSPS) is 13.8. The highest BCUT2D eigenvalue weighted by Gasteiger charge is 2.30. The van der Waals surface area contributed by atoms with E-state index >= 15 is 0 Å². The highest BCUT2D eigenvalue weighted by atomic mass is 32.2. The molecule has 0 aliphatic heterocycles. The maximum absolute atomic E-state index is 13.0. The van der Waals surface area contributed by atoms with Crippen molar-refractivity contribution in [1.82, 2.24) is 16.0 Å². The summed E-state index contributed by atoms with van der Waals surface area (Å²) in [5.41, 5.74) is 6.37. The van der Waals surface area contributed by atoms with E-state index in [0.29, 0.717) is 11.3 Å². The quantitative estimate of drug-likeness (QED) is 0.123. The van der Waals surface area contributed by atoms with Crippen molar-refractivity contribution in [3.63, 3.8) is 0 Å². The molecule has 3 amide bonds. The monoisotopic (exact) mass is 554 g/mol. The van der Waals surface area contributed by atoms with Gasteiger partial charge < -0.3 is 37.0 Å². The summed E-state index contributed by atoms with van der Waals surface area (Å²) >= 11 is 1.39. The Morgan fingerprint density at radius 1 is 0.763 bits per heavy atom. The molecule has 0 heterocycles. The van der Waals surface area contributed by atoms with Crippen LogP contribution >= 0.6 is 11.8 Å². The number of hydrogen-bond acceptors (Lipinski definition) is 8. The molecule has 210 valence electrons. The third-order valence-corrected chi connectivity index (χ3v) is 6.07. The van der Waals surface area contributed by atoms with Crippen LogP contribution in [0.25, 0.3) is 0 Å². The van der Waals surface area contributed by atoms with Crippen LogP contribution in [0.15, 0.2) is 30.3 Å². The Hall–Kier alpha value is -3.65. The third-order valence-electron chi connectivity index (χ3n) is 5.43. The van der Waals surface area contributed by atoms with E-state index in [9.17, 15) is 33.9 Å². The topological polar surface area (TPSA) is 225 Å². The SMILES string of the molecule is CSCCC(NC(=O)C(N)CCC(=O)O)C(=O)NC(CCC(=O)O)C(=O)NC(Cc1ccccc1)C(=O)O. The minimum Gasteiger partial charge on any atom is -0.481 e. The molecule has 0 fully saturated rings. The van der Waals surface area contributed by atoms with Crippen LogP contribution in [-0.2, 0) is 35.2 Å². The molecule has 13 nitrogen and oxygen atoms in total. The van der Waals surface area contributed by atoms with Crippen LogP contribution in [0.1, 0.15) is 37.7 Å². The average Bonchev–Trinajstić information content (AvgIpc) is 2.86. The number of carbonyl (C=O) groups is 6. The van der Waals surface area contributed by atoms with E-state index in [0.717, 1.165) is 0 Å². The number of carboxylic acids is 3. The van der Waals surface area contributed by atoms with Gasteiger partial charge in [-0.3, -0.25) is 24.0 Å². The second-order valence-corrected chi connectivity index (χ2v) is 9.45. The lowest BCUT2D eigenvalue weighted by Gasteiger charge is -2.25. The minimum absolute atomic E-state index is 0.0395. The summed E-state index contributed by atoms with van der Waals surface area (Å²) in [7, 11) is 0. The second kappa shape index (κ2) is 17.0. The molecule has 1 aromatic rings. The zero-order valence-corrected chi connectivity index (χ0v) is 21.7. The van der Waals surface area contributed by atoms with Gasteiger partial charge in [-0.1, -0.05) is 30.3 Å². The van der Waals surface area contributed by atoms with Crippen molar-refractivity contribution in [2.24, 2.45) is 5.73 Å². The summed E-state index contributed by atoms with van der Waals surface area (Å²) in [6, 6.07) is 3.48. The molecule has 0 spiro atoms. The summed E-state index contributed by atoms with van der Waals surface area (Å²) in [6.45, 7) is 0. The Morgan fingerprint density at radius 2 is 1.26 bits per heavy atom. The van der Waals surface area contributed by atoms with Gasteiger partial charge in [0.2, 0.25) is 17.7 Å². The standard InChI is InChI=1S/C24H34N4O9S/c1-38-12-11-17(26-21(33)15(25)7-9-19(29)30)23(35)27-16(8-10-20(31)32)22(34)28-18(24(36)37)13-14-5-3-2-4-6-14/h2-6,15-18H,7-13,25H2,1H3,(H,26,33)(H,27,35)(H,28,34)(H,29,30)(H,31,32)(H,36,37). The fourth-order valence-electron chi connectivity index (χ4n) is 3.32. The Labute approximate surface area is 223 Å². The van der Waals surface area contributed by atoms with E-state index in [-0.39, 0.29) is 32.1 Å². The molecular formula is C24H34N4O9S. The predicted molar refractivity (Wildman–Crippen MR) is 138 cm³/mol. The van der Waals surface area contributed by atoms with Crippen molar-refractivity contribution in [2.75, 3.05) is 12.0 Å². The summed E-state index contributed by atoms with van der Waals surface area (Å²) in [6.07, 6.45) is 0.562. The highest BCUT2D eigenvalue weighted by Crippen LogP contribution is 2.08. The number of amides is 3. The van der Waals surface area contributed by atoms with E-state index < -0.39 is 66.2 Å². The lowest BCUT2D eigenvalue weighted by Crippen LogP contribution is -2.57. The van der Waals surface area contributed by atoms with Gasteiger partial charge in [-0.05, 0) is 36.8 Å². The molecular weight excluding hydrogens is 520 g/mol. The molecule has 1 rings (SSSR count). The van der Waals surface area contributed by atoms with E-state index in [4.69, 9.17) is 15.9 Å². The number of thioether (sulfide) groups is 1. The zero-order valence-electron chi connectivity index (χ0n) is 20.9. The first kappa shape index (κ1) is 32.4. The largest absolute Gasteiger partial charge is 0.481 e. The minimum atomic E-state index is -1.40. The molecule has 38 heavy (non-hydrogen) atoms. The predicted octanol–water partition coefficient (Wildman–Crippen LogP) is -0.422. The van der Waals surface area contributed by atoms with Crippen molar-refractivity contribution < 1.29 is 44.1 Å². The zero-order chi connectivity index (χ0) is 28.7. The van der Waals surface area contributed by atoms with Crippen molar-refractivity contribution in [3.8, 4) is 0 Å². The van der Waals surface area contributed by atoms with Gasteiger partial charge in [-0.2, -0.15) is 11.8 Å². The molecule has 8 N–H and O–H groups in total.